The van der Waals surface area contributed by atoms with Crippen molar-refractivity contribution < 1.29 is 9.13 Å². The van der Waals surface area contributed by atoms with Gasteiger partial charge in [0.05, 0.1) is 15.6 Å². The molecule has 0 amide bonds. The minimum Gasteiger partial charge on any atom is -0.493 e. The van der Waals surface area contributed by atoms with Crippen molar-refractivity contribution in [2.45, 2.75) is 6.92 Å². The van der Waals surface area contributed by atoms with Gasteiger partial charge in [-0.15, -0.1) is 0 Å². The summed E-state index contributed by atoms with van der Waals surface area (Å²) in [5, 5.41) is 0. The number of hydrogen-bond acceptors (Lipinski definition) is 1. The van der Waals surface area contributed by atoms with Crippen molar-refractivity contribution in [3.05, 3.63) is 26.9 Å². The van der Waals surface area contributed by atoms with Crippen LogP contribution >= 0.6 is 31.9 Å². The smallest absolute Gasteiger partial charge is 0.138 e. The second-order valence-corrected chi connectivity index (χ2v) is 3.69. The van der Waals surface area contributed by atoms with Crippen molar-refractivity contribution in [1.82, 2.24) is 0 Å². The van der Waals surface area contributed by atoms with Crippen molar-refractivity contribution in [3.8, 4) is 5.75 Å². The standard InChI is InChI=1S/C8H7Br2FO/c1-2-12-6-4-3-5(11)7(9)8(6)10/h3-4H,2H2,1H3. The Hall–Kier alpha value is -0.0900. The predicted molar refractivity (Wildman–Crippen MR) is 53.0 cm³/mol. The van der Waals surface area contributed by atoms with Crippen LogP contribution in [0.25, 0.3) is 0 Å². The molecule has 0 aliphatic rings. The lowest BCUT2D eigenvalue weighted by Crippen LogP contribution is -1.93. The van der Waals surface area contributed by atoms with Gasteiger partial charge in [0.2, 0.25) is 0 Å². The van der Waals surface area contributed by atoms with Crippen molar-refractivity contribution in [2.75, 3.05) is 6.61 Å². The molecule has 0 aliphatic heterocycles. The fourth-order valence-corrected chi connectivity index (χ4v) is 1.54. The average Bonchev–Trinajstić information content (AvgIpc) is 2.07. The molecule has 12 heavy (non-hydrogen) atoms. The molecule has 0 saturated carbocycles. The quantitative estimate of drug-likeness (QED) is 0.756. The molecule has 0 fully saturated rings. The van der Waals surface area contributed by atoms with Crippen LogP contribution in [0, 0.1) is 5.82 Å². The maximum atomic E-state index is 12.9. The van der Waals surface area contributed by atoms with Crippen LogP contribution in [0.4, 0.5) is 4.39 Å². The summed E-state index contributed by atoms with van der Waals surface area (Å²) < 4.78 is 19.1. The zero-order valence-corrected chi connectivity index (χ0v) is 9.58. The van der Waals surface area contributed by atoms with E-state index in [1.165, 1.54) is 6.07 Å². The number of hydrogen-bond donors (Lipinski definition) is 0. The van der Waals surface area contributed by atoms with Gasteiger partial charge in [0, 0.05) is 0 Å². The SMILES string of the molecule is CCOc1ccc(F)c(Br)c1Br. The summed E-state index contributed by atoms with van der Waals surface area (Å²) in [5.41, 5.74) is 0. The normalized spacial score (nSPS) is 10.0. The van der Waals surface area contributed by atoms with Crippen LogP contribution in [-0.2, 0) is 0 Å². The van der Waals surface area contributed by atoms with E-state index in [9.17, 15) is 4.39 Å². The van der Waals surface area contributed by atoms with E-state index in [2.05, 4.69) is 31.9 Å². The highest BCUT2D eigenvalue weighted by molar-refractivity contribution is 9.13. The van der Waals surface area contributed by atoms with Gasteiger partial charge in [-0.25, -0.2) is 4.39 Å². The van der Waals surface area contributed by atoms with Gasteiger partial charge >= 0.3 is 0 Å². The highest BCUT2D eigenvalue weighted by Crippen LogP contribution is 2.34. The zero-order chi connectivity index (χ0) is 9.14. The fourth-order valence-electron chi connectivity index (χ4n) is 0.775. The lowest BCUT2D eigenvalue weighted by Gasteiger charge is -2.06. The molecular weight excluding hydrogens is 291 g/mol. The first-order valence-electron chi connectivity index (χ1n) is 3.43. The first-order valence-corrected chi connectivity index (χ1v) is 5.01. The second kappa shape index (κ2) is 4.23. The molecule has 0 aromatic heterocycles. The summed E-state index contributed by atoms with van der Waals surface area (Å²) in [6.45, 7) is 2.44. The predicted octanol–water partition coefficient (Wildman–Crippen LogP) is 3.75. The molecule has 0 aliphatic carbocycles. The summed E-state index contributed by atoms with van der Waals surface area (Å²) in [7, 11) is 0. The van der Waals surface area contributed by atoms with Crippen molar-refractivity contribution in [2.24, 2.45) is 0 Å². The molecule has 0 saturated heterocycles. The lowest BCUT2D eigenvalue weighted by atomic mass is 10.3. The van der Waals surface area contributed by atoms with E-state index in [-0.39, 0.29) is 5.82 Å². The van der Waals surface area contributed by atoms with E-state index in [0.29, 0.717) is 21.3 Å². The molecule has 0 atom stereocenters. The topological polar surface area (TPSA) is 9.23 Å². The van der Waals surface area contributed by atoms with Crippen molar-refractivity contribution in [3.63, 3.8) is 0 Å². The Morgan fingerprint density at radius 2 is 2.00 bits per heavy atom. The Labute approximate surface area is 87.2 Å². The van der Waals surface area contributed by atoms with E-state index in [1.54, 1.807) is 6.07 Å². The van der Waals surface area contributed by atoms with Crippen LogP contribution in [0.15, 0.2) is 21.1 Å². The Bertz CT molecular complexity index is 289. The molecular formula is C8H7Br2FO. The Balaban J connectivity index is 3.08. The van der Waals surface area contributed by atoms with Crippen LogP contribution in [-0.4, -0.2) is 6.61 Å². The summed E-state index contributed by atoms with van der Waals surface area (Å²) in [4.78, 5) is 0. The molecule has 0 N–H and O–H groups in total. The summed E-state index contributed by atoms with van der Waals surface area (Å²) >= 11 is 6.32. The molecule has 0 radical (unpaired) electrons. The number of benzene rings is 1. The van der Waals surface area contributed by atoms with Crippen molar-refractivity contribution in [1.29, 1.82) is 0 Å². The van der Waals surface area contributed by atoms with Gasteiger partial charge in [-0.1, -0.05) is 0 Å². The first-order chi connectivity index (χ1) is 5.66. The molecule has 1 aromatic rings. The van der Waals surface area contributed by atoms with E-state index in [4.69, 9.17) is 4.74 Å². The van der Waals surface area contributed by atoms with Gasteiger partial charge in [-0.2, -0.15) is 0 Å². The van der Waals surface area contributed by atoms with E-state index < -0.39 is 0 Å². The Morgan fingerprint density at radius 3 is 2.58 bits per heavy atom. The van der Waals surface area contributed by atoms with Crippen LogP contribution in [0.2, 0.25) is 0 Å². The maximum Gasteiger partial charge on any atom is 0.138 e. The van der Waals surface area contributed by atoms with Crippen LogP contribution in [0.1, 0.15) is 6.92 Å². The van der Waals surface area contributed by atoms with Crippen molar-refractivity contribution >= 4 is 31.9 Å². The third-order valence-electron chi connectivity index (χ3n) is 1.30. The highest BCUT2D eigenvalue weighted by atomic mass is 79.9. The first kappa shape index (κ1) is 9.99. The van der Waals surface area contributed by atoms with Crippen LogP contribution < -0.4 is 4.74 Å². The highest BCUT2D eigenvalue weighted by Gasteiger charge is 2.08. The van der Waals surface area contributed by atoms with Crippen LogP contribution in [0.5, 0.6) is 5.75 Å². The molecule has 0 heterocycles. The monoisotopic (exact) mass is 296 g/mol. The molecule has 1 rings (SSSR count). The molecule has 66 valence electrons. The number of halogens is 3. The van der Waals surface area contributed by atoms with E-state index in [0.717, 1.165) is 0 Å². The fraction of sp³-hybridized carbons (Fsp3) is 0.250. The minimum atomic E-state index is -0.301. The van der Waals surface area contributed by atoms with E-state index >= 15 is 0 Å². The van der Waals surface area contributed by atoms with Gasteiger partial charge in [-0.3, -0.25) is 0 Å². The number of ether oxygens (including phenoxy) is 1. The Morgan fingerprint density at radius 1 is 1.33 bits per heavy atom. The second-order valence-electron chi connectivity index (χ2n) is 2.11. The van der Waals surface area contributed by atoms with Gasteiger partial charge < -0.3 is 4.74 Å². The van der Waals surface area contributed by atoms with Gasteiger partial charge in [0.25, 0.3) is 0 Å². The maximum absolute atomic E-state index is 12.9. The summed E-state index contributed by atoms with van der Waals surface area (Å²) in [5.74, 6) is 0.344. The molecule has 0 unspecified atom stereocenters. The van der Waals surface area contributed by atoms with Gasteiger partial charge in [-0.05, 0) is 50.9 Å². The van der Waals surface area contributed by atoms with Crippen LogP contribution in [0.3, 0.4) is 0 Å². The third-order valence-corrected chi connectivity index (χ3v) is 3.39. The largest absolute Gasteiger partial charge is 0.493 e. The molecule has 1 aromatic carbocycles. The van der Waals surface area contributed by atoms with Gasteiger partial charge in [0.15, 0.2) is 0 Å². The third kappa shape index (κ3) is 1.98. The summed E-state index contributed by atoms with van der Waals surface area (Å²) in [6.07, 6.45) is 0. The Kier molecular flexibility index (Phi) is 3.53. The summed E-state index contributed by atoms with van der Waals surface area (Å²) in [6, 6.07) is 2.95. The zero-order valence-electron chi connectivity index (χ0n) is 6.40. The number of rotatable bonds is 2. The molecule has 1 nitrogen and oxygen atoms in total. The molecule has 4 heteroatoms. The lowest BCUT2D eigenvalue weighted by molar-refractivity contribution is 0.337. The minimum absolute atomic E-state index is 0.301. The average molecular weight is 298 g/mol. The molecule has 0 bridgehead atoms. The van der Waals surface area contributed by atoms with E-state index in [1.807, 2.05) is 6.92 Å². The molecule has 0 spiro atoms. The van der Waals surface area contributed by atoms with Gasteiger partial charge in [0.1, 0.15) is 11.6 Å².